The number of nitrogen functional groups attached to an aromatic ring is 1. The number of aromatic nitrogens is 1. The lowest BCUT2D eigenvalue weighted by molar-refractivity contribution is 0.0560. The molecule has 0 aliphatic rings. The van der Waals surface area contributed by atoms with E-state index in [1.807, 2.05) is 43.3 Å². The van der Waals surface area contributed by atoms with Crippen molar-refractivity contribution in [1.82, 2.24) is 4.57 Å². The van der Waals surface area contributed by atoms with Gasteiger partial charge >= 0.3 is 5.97 Å². The second kappa shape index (κ2) is 7.26. The molecule has 0 saturated heterocycles. The van der Waals surface area contributed by atoms with E-state index in [0.29, 0.717) is 29.6 Å². The predicted molar refractivity (Wildman–Crippen MR) is 115 cm³/mol. The summed E-state index contributed by atoms with van der Waals surface area (Å²) in [6.45, 7) is 4.36. The van der Waals surface area contributed by atoms with Gasteiger partial charge < -0.3 is 24.6 Å². The van der Waals surface area contributed by atoms with Crippen LogP contribution < -0.4 is 11.2 Å². The molecule has 0 aliphatic carbocycles. The second-order valence-electron chi connectivity index (χ2n) is 7.18. The van der Waals surface area contributed by atoms with Crippen LogP contribution in [-0.2, 0) is 17.7 Å². The average Bonchev–Trinajstić information content (AvgIpc) is 3.01. The number of fused-ring (bicyclic) bond motifs is 3. The number of benzene rings is 2. The van der Waals surface area contributed by atoms with Crippen molar-refractivity contribution in [2.75, 3.05) is 12.8 Å². The molecule has 0 atom stereocenters. The Morgan fingerprint density at radius 3 is 2.57 bits per heavy atom. The van der Waals surface area contributed by atoms with Crippen molar-refractivity contribution in [3.8, 4) is 5.75 Å². The highest BCUT2D eigenvalue weighted by molar-refractivity contribution is 6.12. The van der Waals surface area contributed by atoms with Crippen molar-refractivity contribution in [2.24, 2.45) is 0 Å². The Hall–Kier alpha value is -3.74. The van der Waals surface area contributed by atoms with Crippen LogP contribution in [-0.4, -0.2) is 22.8 Å². The zero-order valence-electron chi connectivity index (χ0n) is 17.0. The van der Waals surface area contributed by atoms with Crippen molar-refractivity contribution in [3.05, 3.63) is 69.2 Å². The smallest absolute Gasteiger partial charge is 0.378 e. The molecule has 7 heteroatoms. The van der Waals surface area contributed by atoms with Crippen LogP contribution in [0.5, 0.6) is 5.75 Å². The fourth-order valence-corrected chi connectivity index (χ4v) is 3.99. The van der Waals surface area contributed by atoms with E-state index in [9.17, 15) is 14.7 Å². The van der Waals surface area contributed by atoms with Crippen LogP contribution in [0.1, 0.15) is 34.3 Å². The molecule has 2 aromatic carbocycles. The molecule has 154 valence electrons. The zero-order valence-corrected chi connectivity index (χ0v) is 17.0. The molecule has 0 radical (unpaired) electrons. The molecule has 4 rings (SSSR count). The maximum atomic E-state index is 12.8. The number of nitrogens with zero attached hydrogens (tertiary/aromatic N) is 1. The number of carbonyl (C=O) groups is 1. The minimum absolute atomic E-state index is 0.173. The predicted octanol–water partition coefficient (Wildman–Crippen LogP) is 3.74. The number of aryl methyl sites for hydroxylation is 1. The molecule has 3 N–H and O–H groups in total. The summed E-state index contributed by atoms with van der Waals surface area (Å²) in [5, 5.41) is 11.0. The van der Waals surface area contributed by atoms with E-state index in [0.717, 1.165) is 23.9 Å². The minimum atomic E-state index is -0.931. The molecule has 0 spiro atoms. The summed E-state index contributed by atoms with van der Waals surface area (Å²) in [7, 11) is 1.15. The van der Waals surface area contributed by atoms with Crippen LogP contribution in [0.2, 0.25) is 0 Å². The first-order valence-electron chi connectivity index (χ1n) is 9.61. The van der Waals surface area contributed by atoms with Crippen LogP contribution in [0.25, 0.3) is 21.9 Å². The summed E-state index contributed by atoms with van der Waals surface area (Å²) < 4.78 is 12.5. The van der Waals surface area contributed by atoms with Gasteiger partial charge in [0.25, 0.3) is 5.76 Å². The van der Waals surface area contributed by atoms with E-state index in [1.54, 1.807) is 6.92 Å². The minimum Gasteiger partial charge on any atom is -0.501 e. The molecule has 7 nitrogen and oxygen atoms in total. The molecule has 0 saturated carbocycles. The number of aromatic hydroxyl groups is 1. The Kier molecular flexibility index (Phi) is 4.73. The van der Waals surface area contributed by atoms with Gasteiger partial charge in [-0.3, -0.25) is 4.79 Å². The van der Waals surface area contributed by atoms with Crippen LogP contribution in [0.3, 0.4) is 0 Å². The molecule has 0 fully saturated rings. The molecule has 0 amide bonds. The third-order valence-electron chi connectivity index (χ3n) is 5.41. The number of carbonyl (C=O) groups excluding carboxylic acids is 1. The highest BCUT2D eigenvalue weighted by Gasteiger charge is 2.26. The van der Waals surface area contributed by atoms with Crippen molar-refractivity contribution >= 4 is 33.5 Å². The van der Waals surface area contributed by atoms with Gasteiger partial charge in [0.15, 0.2) is 5.58 Å². The molecule has 0 bridgehead atoms. The average molecular weight is 406 g/mol. The molecular weight excluding hydrogens is 384 g/mol. The van der Waals surface area contributed by atoms with Gasteiger partial charge in [-0.15, -0.1) is 0 Å². The quantitative estimate of drug-likeness (QED) is 0.500. The number of hydrogen-bond donors (Lipinski definition) is 2. The highest BCUT2D eigenvalue weighted by Crippen LogP contribution is 2.38. The first-order chi connectivity index (χ1) is 14.4. The van der Waals surface area contributed by atoms with Gasteiger partial charge in [-0.25, -0.2) is 4.79 Å². The standard InChI is InChI=1S/C23H22N2O5/c1-4-14-18(24)17-15(25(14)11-13-8-6-5-7-9-13)10-12(2)16-19(26)20(27)22(23(28)29-3)30-21(16)17/h5-10,27H,4,11,24H2,1-3H3. The number of anilines is 1. The van der Waals surface area contributed by atoms with E-state index in [2.05, 4.69) is 9.30 Å². The third kappa shape index (κ3) is 2.82. The third-order valence-corrected chi connectivity index (χ3v) is 5.41. The Labute approximate surface area is 172 Å². The number of esters is 1. The summed E-state index contributed by atoms with van der Waals surface area (Å²) in [6.07, 6.45) is 0.667. The van der Waals surface area contributed by atoms with Gasteiger partial charge in [0.1, 0.15) is 0 Å². The van der Waals surface area contributed by atoms with Crippen LogP contribution in [0.15, 0.2) is 45.6 Å². The number of rotatable bonds is 4. The largest absolute Gasteiger partial charge is 0.501 e. The fourth-order valence-electron chi connectivity index (χ4n) is 3.99. The number of ether oxygens (including phenoxy) is 1. The van der Waals surface area contributed by atoms with E-state index in [-0.39, 0.29) is 11.0 Å². The first-order valence-corrected chi connectivity index (χ1v) is 9.61. The summed E-state index contributed by atoms with van der Waals surface area (Å²) in [5.41, 5.74) is 9.89. The summed E-state index contributed by atoms with van der Waals surface area (Å²) in [5.74, 6) is -2.23. The van der Waals surface area contributed by atoms with Crippen molar-refractivity contribution < 1.29 is 19.1 Å². The maximum absolute atomic E-state index is 12.8. The lowest BCUT2D eigenvalue weighted by atomic mass is 10.0. The van der Waals surface area contributed by atoms with Gasteiger partial charge in [-0.05, 0) is 30.5 Å². The normalized spacial score (nSPS) is 11.3. The molecule has 2 heterocycles. The van der Waals surface area contributed by atoms with E-state index < -0.39 is 22.9 Å². The number of hydrogen-bond acceptors (Lipinski definition) is 6. The number of methoxy groups -OCH3 is 1. The topological polar surface area (TPSA) is 108 Å². The summed E-state index contributed by atoms with van der Waals surface area (Å²) in [6, 6.07) is 11.8. The van der Waals surface area contributed by atoms with Gasteiger partial charge in [0.2, 0.25) is 11.2 Å². The Morgan fingerprint density at radius 2 is 1.93 bits per heavy atom. The zero-order chi connectivity index (χ0) is 21.6. The summed E-state index contributed by atoms with van der Waals surface area (Å²) in [4.78, 5) is 24.9. The molecule has 2 aromatic heterocycles. The van der Waals surface area contributed by atoms with Gasteiger partial charge in [-0.2, -0.15) is 0 Å². The van der Waals surface area contributed by atoms with Gasteiger partial charge in [0, 0.05) is 12.2 Å². The van der Waals surface area contributed by atoms with E-state index in [1.165, 1.54) is 0 Å². The molecule has 30 heavy (non-hydrogen) atoms. The molecular formula is C23H22N2O5. The van der Waals surface area contributed by atoms with Gasteiger partial charge in [0.05, 0.1) is 29.1 Å². The van der Waals surface area contributed by atoms with E-state index in [4.69, 9.17) is 10.2 Å². The SMILES string of the molecule is CCc1c(N)c2c3oc(C(=O)OC)c(O)c(=O)c3c(C)cc2n1Cc1ccccc1. The van der Waals surface area contributed by atoms with Crippen molar-refractivity contribution in [3.63, 3.8) is 0 Å². The molecule has 0 aliphatic heterocycles. The first kappa shape index (κ1) is 19.6. The fraction of sp³-hybridized carbons (Fsp3) is 0.217. The van der Waals surface area contributed by atoms with Gasteiger partial charge in [-0.1, -0.05) is 37.3 Å². The Balaban J connectivity index is 2.13. The maximum Gasteiger partial charge on any atom is 0.378 e. The monoisotopic (exact) mass is 406 g/mol. The number of nitrogens with two attached hydrogens (primary N) is 1. The van der Waals surface area contributed by atoms with Crippen molar-refractivity contribution in [2.45, 2.75) is 26.8 Å². The van der Waals surface area contributed by atoms with Crippen LogP contribution in [0, 0.1) is 6.92 Å². The second-order valence-corrected chi connectivity index (χ2v) is 7.18. The Morgan fingerprint density at radius 1 is 1.23 bits per heavy atom. The lowest BCUT2D eigenvalue weighted by Crippen LogP contribution is -2.11. The molecule has 4 aromatic rings. The van der Waals surface area contributed by atoms with E-state index >= 15 is 0 Å². The Bertz CT molecular complexity index is 1350. The summed E-state index contributed by atoms with van der Waals surface area (Å²) >= 11 is 0. The molecule has 0 unspecified atom stereocenters. The van der Waals surface area contributed by atoms with Crippen LogP contribution >= 0.6 is 0 Å². The lowest BCUT2D eigenvalue weighted by Gasteiger charge is -2.11. The van der Waals surface area contributed by atoms with Crippen molar-refractivity contribution in [1.29, 1.82) is 0 Å². The van der Waals surface area contributed by atoms with Crippen LogP contribution in [0.4, 0.5) is 5.69 Å². The highest BCUT2D eigenvalue weighted by atomic mass is 16.5.